The van der Waals surface area contributed by atoms with Crippen molar-refractivity contribution in [3.63, 3.8) is 0 Å². The van der Waals surface area contributed by atoms with Gasteiger partial charge in [0.1, 0.15) is 0 Å². The van der Waals surface area contributed by atoms with Gasteiger partial charge in [-0.3, -0.25) is 0 Å². The summed E-state index contributed by atoms with van der Waals surface area (Å²) in [5.74, 6) is 0. The summed E-state index contributed by atoms with van der Waals surface area (Å²) in [6, 6.07) is 51.0. The van der Waals surface area contributed by atoms with E-state index in [4.69, 9.17) is 0 Å². The number of anilines is 3. The van der Waals surface area contributed by atoms with Gasteiger partial charge < -0.3 is 4.90 Å². The zero-order valence-corrected chi connectivity index (χ0v) is 24.0. The molecule has 196 valence electrons. The van der Waals surface area contributed by atoms with Crippen molar-refractivity contribution in [3.8, 4) is 22.3 Å². The Balaban J connectivity index is 1.24. The molecule has 0 unspecified atom stereocenters. The average Bonchev–Trinajstić information content (AvgIpc) is 3.51. The molecule has 8 rings (SSSR count). The van der Waals surface area contributed by atoms with Crippen LogP contribution in [0.4, 0.5) is 17.1 Å². The second kappa shape index (κ2) is 9.19. The quantitative estimate of drug-likeness (QED) is 0.213. The second-order valence-electron chi connectivity index (χ2n) is 11.4. The molecule has 0 aliphatic heterocycles. The van der Waals surface area contributed by atoms with Crippen LogP contribution in [0.2, 0.25) is 0 Å². The first kappa shape index (κ1) is 24.2. The first-order valence-corrected chi connectivity index (χ1v) is 15.0. The number of fused-ring (bicyclic) bond motifs is 6. The van der Waals surface area contributed by atoms with Gasteiger partial charge in [-0.05, 0) is 75.8 Å². The summed E-state index contributed by atoms with van der Waals surface area (Å²) in [6.07, 6.45) is 0. The first-order valence-electron chi connectivity index (χ1n) is 14.2. The van der Waals surface area contributed by atoms with Gasteiger partial charge in [-0.1, -0.05) is 111 Å². The predicted octanol–water partition coefficient (Wildman–Crippen LogP) is 11.5. The fourth-order valence-corrected chi connectivity index (χ4v) is 7.82. The van der Waals surface area contributed by atoms with Gasteiger partial charge in [-0.15, -0.1) is 11.3 Å². The van der Waals surface area contributed by atoms with E-state index in [2.05, 4.69) is 158 Å². The van der Waals surface area contributed by atoms with E-state index in [-0.39, 0.29) is 5.41 Å². The van der Waals surface area contributed by atoms with Crippen molar-refractivity contribution in [2.75, 3.05) is 4.90 Å². The Morgan fingerprint density at radius 2 is 1.17 bits per heavy atom. The molecule has 0 N–H and O–H groups in total. The minimum atomic E-state index is 0.0259. The molecule has 0 amide bonds. The molecule has 0 bridgehead atoms. The fraction of sp³-hybridized carbons (Fsp3) is 0.0769. The number of benzene rings is 6. The van der Waals surface area contributed by atoms with Gasteiger partial charge in [-0.25, -0.2) is 0 Å². The van der Waals surface area contributed by atoms with E-state index in [1.54, 1.807) is 0 Å². The van der Waals surface area contributed by atoms with Crippen LogP contribution in [0, 0.1) is 0 Å². The van der Waals surface area contributed by atoms with Crippen LogP contribution in [0.1, 0.15) is 25.0 Å². The molecule has 41 heavy (non-hydrogen) atoms. The first-order chi connectivity index (χ1) is 20.1. The lowest BCUT2D eigenvalue weighted by molar-refractivity contribution is 0.660. The molecule has 6 aromatic carbocycles. The monoisotopic (exact) mass is 543 g/mol. The van der Waals surface area contributed by atoms with Crippen LogP contribution < -0.4 is 4.90 Å². The van der Waals surface area contributed by atoms with Crippen molar-refractivity contribution >= 4 is 48.6 Å². The second-order valence-corrected chi connectivity index (χ2v) is 12.5. The van der Waals surface area contributed by atoms with Gasteiger partial charge in [0.2, 0.25) is 0 Å². The Morgan fingerprint density at radius 1 is 0.512 bits per heavy atom. The summed E-state index contributed by atoms with van der Waals surface area (Å²) in [5, 5.41) is 2.63. The van der Waals surface area contributed by atoms with Crippen molar-refractivity contribution in [2.24, 2.45) is 0 Å². The molecular formula is C39H29NS. The number of hydrogen-bond acceptors (Lipinski definition) is 2. The third-order valence-electron chi connectivity index (χ3n) is 8.68. The Bertz CT molecular complexity index is 2070. The van der Waals surface area contributed by atoms with Crippen molar-refractivity contribution in [1.82, 2.24) is 0 Å². The van der Waals surface area contributed by atoms with Crippen LogP contribution in [-0.4, -0.2) is 0 Å². The lowest BCUT2D eigenvalue weighted by Crippen LogP contribution is -2.14. The van der Waals surface area contributed by atoms with Gasteiger partial charge in [0.05, 0.1) is 10.4 Å². The Hall–Kier alpha value is -4.66. The van der Waals surface area contributed by atoms with Crippen molar-refractivity contribution in [3.05, 3.63) is 151 Å². The number of hydrogen-bond donors (Lipinski definition) is 0. The molecule has 1 nitrogen and oxygen atoms in total. The van der Waals surface area contributed by atoms with Crippen molar-refractivity contribution < 1.29 is 0 Å². The molecule has 0 saturated heterocycles. The molecule has 7 aromatic rings. The SMILES string of the molecule is CC1(C)c2ccccc2-c2cc(-c3ccc(N(c4ccccc4)c4cccc5c4sc4ccccc45)cc3)ccc21. The summed E-state index contributed by atoms with van der Waals surface area (Å²) < 4.78 is 2.63. The summed E-state index contributed by atoms with van der Waals surface area (Å²) >= 11 is 1.87. The summed E-state index contributed by atoms with van der Waals surface area (Å²) in [6.45, 7) is 4.67. The molecule has 0 spiro atoms. The van der Waals surface area contributed by atoms with E-state index in [9.17, 15) is 0 Å². The molecule has 0 atom stereocenters. The summed E-state index contributed by atoms with van der Waals surface area (Å²) in [7, 11) is 0. The number of rotatable bonds is 4. The van der Waals surface area contributed by atoms with Gasteiger partial charge in [0.25, 0.3) is 0 Å². The van der Waals surface area contributed by atoms with Crippen molar-refractivity contribution in [1.29, 1.82) is 0 Å². The van der Waals surface area contributed by atoms with E-state index in [0.29, 0.717) is 0 Å². The molecule has 1 aliphatic carbocycles. The van der Waals surface area contributed by atoms with E-state index in [1.807, 2.05) is 11.3 Å². The van der Waals surface area contributed by atoms with E-state index >= 15 is 0 Å². The van der Waals surface area contributed by atoms with Gasteiger partial charge in [-0.2, -0.15) is 0 Å². The van der Waals surface area contributed by atoms with E-state index < -0.39 is 0 Å². The van der Waals surface area contributed by atoms with Crippen LogP contribution in [0.3, 0.4) is 0 Å². The largest absolute Gasteiger partial charge is 0.309 e. The molecule has 0 saturated carbocycles. The molecule has 2 heteroatoms. The van der Waals surface area contributed by atoms with Gasteiger partial charge in [0.15, 0.2) is 0 Å². The van der Waals surface area contributed by atoms with E-state index in [0.717, 1.165) is 11.4 Å². The molecular weight excluding hydrogens is 515 g/mol. The predicted molar refractivity (Wildman–Crippen MR) is 177 cm³/mol. The van der Waals surface area contributed by atoms with Crippen LogP contribution in [0.15, 0.2) is 140 Å². The summed E-state index contributed by atoms with van der Waals surface area (Å²) in [4.78, 5) is 2.39. The highest BCUT2D eigenvalue weighted by atomic mass is 32.1. The lowest BCUT2D eigenvalue weighted by atomic mass is 9.82. The normalized spacial score (nSPS) is 13.3. The maximum Gasteiger partial charge on any atom is 0.0640 e. The maximum absolute atomic E-state index is 2.39. The number of nitrogens with zero attached hydrogens (tertiary/aromatic N) is 1. The lowest BCUT2D eigenvalue weighted by Gasteiger charge is -2.26. The van der Waals surface area contributed by atoms with Gasteiger partial charge in [0, 0.05) is 32.3 Å². The zero-order valence-electron chi connectivity index (χ0n) is 23.1. The molecule has 0 fully saturated rings. The van der Waals surface area contributed by atoms with Gasteiger partial charge >= 0.3 is 0 Å². The standard InChI is InChI=1S/C39H29NS/c1-39(2)34-16-8-6-13-30(34)33-25-27(21-24-35(33)39)26-19-22-29(23-20-26)40(28-11-4-3-5-12-28)36-17-10-15-32-31-14-7-9-18-37(31)41-38(32)36/h3-25H,1-2H3. The van der Waals surface area contributed by atoms with Crippen LogP contribution in [-0.2, 0) is 5.41 Å². The Kier molecular flexibility index (Phi) is 5.42. The average molecular weight is 544 g/mol. The third kappa shape index (κ3) is 3.75. The highest BCUT2D eigenvalue weighted by Crippen LogP contribution is 2.50. The Labute approximate surface area is 245 Å². The molecule has 1 aromatic heterocycles. The number of para-hydroxylation sites is 1. The van der Waals surface area contributed by atoms with E-state index in [1.165, 1.54) is 59.2 Å². The molecule has 1 aliphatic rings. The highest BCUT2D eigenvalue weighted by molar-refractivity contribution is 7.26. The topological polar surface area (TPSA) is 3.24 Å². The van der Waals surface area contributed by atoms with Crippen molar-refractivity contribution in [2.45, 2.75) is 19.3 Å². The minimum Gasteiger partial charge on any atom is -0.309 e. The maximum atomic E-state index is 2.39. The molecule has 1 heterocycles. The van der Waals surface area contributed by atoms with Crippen LogP contribution in [0.5, 0.6) is 0 Å². The zero-order chi connectivity index (χ0) is 27.6. The fourth-order valence-electron chi connectivity index (χ4n) is 6.62. The Morgan fingerprint density at radius 3 is 2.02 bits per heavy atom. The van der Waals surface area contributed by atoms with Crippen LogP contribution >= 0.6 is 11.3 Å². The molecule has 0 radical (unpaired) electrons. The smallest absolute Gasteiger partial charge is 0.0640 e. The highest BCUT2D eigenvalue weighted by Gasteiger charge is 2.35. The van der Waals surface area contributed by atoms with Crippen LogP contribution in [0.25, 0.3) is 42.4 Å². The minimum absolute atomic E-state index is 0.0259. The summed E-state index contributed by atoms with van der Waals surface area (Å²) in [5.41, 5.74) is 11.6. The third-order valence-corrected chi connectivity index (χ3v) is 9.89. The number of thiophene rings is 1.